The molecule has 0 aromatic rings. The molecule has 0 aliphatic carbocycles. The third-order valence-electron chi connectivity index (χ3n) is 1.71. The Morgan fingerprint density at radius 2 is 2.00 bits per heavy atom. The summed E-state index contributed by atoms with van der Waals surface area (Å²) in [5.74, 6) is 0.364. The Balaban J connectivity index is 4.01. The molecule has 0 heterocycles. The highest BCUT2D eigenvalue weighted by atomic mass is 32.2. The van der Waals surface area contributed by atoms with Crippen molar-refractivity contribution in [3.05, 3.63) is 0 Å². The highest BCUT2D eigenvalue weighted by molar-refractivity contribution is 7.99. The maximum Gasteiger partial charge on any atom is 0.239 e. The minimum atomic E-state index is -0.0937. The van der Waals surface area contributed by atoms with E-state index < -0.39 is 0 Å². The summed E-state index contributed by atoms with van der Waals surface area (Å²) in [5, 5.41) is 2.67. The Bertz CT molecular complexity index is 197. The van der Waals surface area contributed by atoms with Crippen LogP contribution in [0.5, 0.6) is 0 Å². The lowest BCUT2D eigenvalue weighted by molar-refractivity contribution is -0.133. The van der Waals surface area contributed by atoms with Gasteiger partial charge in [-0.1, -0.05) is 0 Å². The maximum atomic E-state index is 11.4. The topological polar surface area (TPSA) is 49.4 Å². The summed E-state index contributed by atoms with van der Waals surface area (Å²) >= 11 is 1.47. The number of carbonyl (C=O) groups is 2. The molecular weight excluding hydrogens is 200 g/mol. The van der Waals surface area contributed by atoms with E-state index in [2.05, 4.69) is 5.32 Å². The summed E-state index contributed by atoms with van der Waals surface area (Å²) in [6.45, 7) is 5.09. The Hall–Kier alpha value is -0.710. The fourth-order valence-corrected chi connectivity index (χ4v) is 1.45. The second-order valence-electron chi connectivity index (χ2n) is 2.79. The Kier molecular flexibility index (Phi) is 7.28. The molecule has 5 heteroatoms. The molecule has 14 heavy (non-hydrogen) atoms. The van der Waals surface area contributed by atoms with Crippen LogP contribution in [0.3, 0.4) is 0 Å². The van der Waals surface area contributed by atoms with Crippen LogP contribution < -0.4 is 5.32 Å². The predicted molar refractivity (Wildman–Crippen MR) is 59.3 cm³/mol. The first-order valence-electron chi connectivity index (χ1n) is 4.69. The minimum Gasteiger partial charge on any atom is -0.355 e. The molecule has 0 saturated heterocycles. The van der Waals surface area contributed by atoms with Crippen LogP contribution in [0.2, 0.25) is 0 Å². The summed E-state index contributed by atoms with van der Waals surface area (Å²) in [6.07, 6.45) is 1.87. The molecule has 0 radical (unpaired) electrons. The number of nitrogens with zero attached hydrogens (tertiary/aromatic N) is 1. The normalized spacial score (nSPS) is 9.64. The van der Waals surface area contributed by atoms with Crippen molar-refractivity contribution in [2.75, 3.05) is 31.6 Å². The van der Waals surface area contributed by atoms with Crippen LogP contribution >= 0.6 is 11.8 Å². The molecule has 0 aromatic carbocycles. The van der Waals surface area contributed by atoms with Gasteiger partial charge < -0.3 is 10.2 Å². The van der Waals surface area contributed by atoms with Gasteiger partial charge in [-0.3, -0.25) is 9.59 Å². The number of rotatable bonds is 6. The molecule has 0 aliphatic rings. The predicted octanol–water partition coefficient (Wildman–Crippen LogP) is 0.334. The first-order chi connectivity index (χ1) is 6.65. The quantitative estimate of drug-likeness (QED) is 0.699. The zero-order chi connectivity index (χ0) is 11.0. The lowest BCUT2D eigenvalue weighted by Gasteiger charge is -2.19. The Labute approximate surface area is 89.4 Å². The summed E-state index contributed by atoms with van der Waals surface area (Å²) in [5.41, 5.74) is 0. The maximum absolute atomic E-state index is 11.4. The standard InChI is InChI=1S/C9H18N2O2S/c1-4-10-8(12)6-11(5-2)9(13)7-14-3/h4-7H2,1-3H3,(H,10,12). The largest absolute Gasteiger partial charge is 0.355 e. The zero-order valence-corrected chi connectivity index (χ0v) is 9.82. The van der Waals surface area contributed by atoms with E-state index in [1.165, 1.54) is 11.8 Å². The first-order valence-corrected chi connectivity index (χ1v) is 6.08. The van der Waals surface area contributed by atoms with Crippen molar-refractivity contribution in [2.24, 2.45) is 0 Å². The smallest absolute Gasteiger partial charge is 0.239 e. The van der Waals surface area contributed by atoms with Crippen molar-refractivity contribution in [1.82, 2.24) is 10.2 Å². The van der Waals surface area contributed by atoms with Crippen LogP contribution in [-0.4, -0.2) is 48.4 Å². The van der Waals surface area contributed by atoms with Crippen molar-refractivity contribution < 1.29 is 9.59 Å². The van der Waals surface area contributed by atoms with E-state index in [0.717, 1.165) is 0 Å². The van der Waals surface area contributed by atoms with E-state index in [1.54, 1.807) is 4.90 Å². The van der Waals surface area contributed by atoms with Crippen LogP contribution in [-0.2, 0) is 9.59 Å². The molecule has 82 valence electrons. The van der Waals surface area contributed by atoms with Gasteiger partial charge in [0.25, 0.3) is 0 Å². The molecule has 0 spiro atoms. The molecule has 0 atom stereocenters. The van der Waals surface area contributed by atoms with Crippen molar-refractivity contribution in [1.29, 1.82) is 0 Å². The van der Waals surface area contributed by atoms with Crippen molar-refractivity contribution in [3.63, 3.8) is 0 Å². The molecule has 1 N–H and O–H groups in total. The summed E-state index contributed by atoms with van der Waals surface area (Å²) in [6, 6.07) is 0. The van der Waals surface area contributed by atoms with E-state index >= 15 is 0 Å². The van der Waals surface area contributed by atoms with E-state index in [9.17, 15) is 9.59 Å². The van der Waals surface area contributed by atoms with Crippen LogP contribution in [0.15, 0.2) is 0 Å². The monoisotopic (exact) mass is 218 g/mol. The van der Waals surface area contributed by atoms with Gasteiger partial charge in [0.1, 0.15) is 0 Å². The van der Waals surface area contributed by atoms with Crippen molar-refractivity contribution in [2.45, 2.75) is 13.8 Å². The molecule has 0 unspecified atom stereocenters. The van der Waals surface area contributed by atoms with Crippen LogP contribution in [0.1, 0.15) is 13.8 Å². The first kappa shape index (κ1) is 13.3. The Morgan fingerprint density at radius 3 is 2.43 bits per heavy atom. The fraction of sp³-hybridized carbons (Fsp3) is 0.778. The number of thioether (sulfide) groups is 1. The van der Waals surface area contributed by atoms with E-state index in [1.807, 2.05) is 20.1 Å². The number of hydrogen-bond acceptors (Lipinski definition) is 3. The molecule has 0 rings (SSSR count). The molecule has 0 fully saturated rings. The fourth-order valence-electron chi connectivity index (χ4n) is 1.02. The third kappa shape index (κ3) is 5.11. The molecule has 2 amide bonds. The van der Waals surface area contributed by atoms with Gasteiger partial charge in [0, 0.05) is 13.1 Å². The van der Waals surface area contributed by atoms with Crippen LogP contribution in [0.4, 0.5) is 0 Å². The average molecular weight is 218 g/mol. The van der Waals surface area contributed by atoms with E-state index in [4.69, 9.17) is 0 Å². The van der Waals surface area contributed by atoms with E-state index in [0.29, 0.717) is 18.8 Å². The van der Waals surface area contributed by atoms with Gasteiger partial charge >= 0.3 is 0 Å². The zero-order valence-electron chi connectivity index (χ0n) is 9.00. The van der Waals surface area contributed by atoms with Crippen molar-refractivity contribution in [3.8, 4) is 0 Å². The van der Waals surface area contributed by atoms with Gasteiger partial charge in [0.15, 0.2) is 0 Å². The highest BCUT2D eigenvalue weighted by Gasteiger charge is 2.13. The number of nitrogens with one attached hydrogen (secondary N) is 1. The number of amides is 2. The second-order valence-corrected chi connectivity index (χ2v) is 3.66. The van der Waals surface area contributed by atoms with Gasteiger partial charge in [-0.25, -0.2) is 0 Å². The summed E-state index contributed by atoms with van der Waals surface area (Å²) < 4.78 is 0. The van der Waals surface area contributed by atoms with Gasteiger partial charge in [-0.2, -0.15) is 11.8 Å². The van der Waals surface area contributed by atoms with Crippen molar-refractivity contribution >= 4 is 23.6 Å². The van der Waals surface area contributed by atoms with Crippen LogP contribution in [0, 0.1) is 0 Å². The lowest BCUT2D eigenvalue weighted by Crippen LogP contribution is -2.41. The molecule has 0 saturated carbocycles. The van der Waals surface area contributed by atoms with Gasteiger partial charge in [0.05, 0.1) is 12.3 Å². The molecule has 0 aliphatic heterocycles. The van der Waals surface area contributed by atoms with Gasteiger partial charge in [0.2, 0.25) is 11.8 Å². The summed E-state index contributed by atoms with van der Waals surface area (Å²) in [7, 11) is 0. The SMILES string of the molecule is CCNC(=O)CN(CC)C(=O)CSC. The molecule has 0 aromatic heterocycles. The second kappa shape index (κ2) is 7.67. The lowest BCUT2D eigenvalue weighted by atomic mass is 10.4. The van der Waals surface area contributed by atoms with E-state index in [-0.39, 0.29) is 18.4 Å². The number of hydrogen-bond donors (Lipinski definition) is 1. The highest BCUT2D eigenvalue weighted by Crippen LogP contribution is 1.97. The number of likely N-dealkylation sites (N-methyl/N-ethyl adjacent to an activating group) is 2. The molecule has 0 bridgehead atoms. The van der Waals surface area contributed by atoms with Gasteiger partial charge in [-0.15, -0.1) is 0 Å². The molecular formula is C9H18N2O2S. The minimum absolute atomic E-state index is 0.0197. The average Bonchev–Trinajstić information content (AvgIpc) is 2.15. The third-order valence-corrected chi connectivity index (χ3v) is 2.25. The molecule has 4 nitrogen and oxygen atoms in total. The van der Waals surface area contributed by atoms with Crippen LogP contribution in [0.25, 0.3) is 0 Å². The Morgan fingerprint density at radius 1 is 1.36 bits per heavy atom. The summed E-state index contributed by atoms with van der Waals surface area (Å²) in [4.78, 5) is 24.2. The number of carbonyl (C=O) groups excluding carboxylic acids is 2. The van der Waals surface area contributed by atoms with Gasteiger partial charge in [-0.05, 0) is 20.1 Å².